The number of nitrogens with one attached hydrogen (secondary N) is 1. The molecule has 2 amide bonds. The van der Waals surface area contributed by atoms with E-state index in [4.69, 9.17) is 16.3 Å². The first-order chi connectivity index (χ1) is 14.5. The minimum atomic E-state index is -0.564. The highest BCUT2D eigenvalue weighted by Crippen LogP contribution is 2.17. The van der Waals surface area contributed by atoms with Gasteiger partial charge in [-0.05, 0) is 54.7 Å². The Morgan fingerprint density at radius 3 is 2.20 bits per heavy atom. The van der Waals surface area contributed by atoms with Crippen LogP contribution in [0.2, 0.25) is 5.02 Å². The van der Waals surface area contributed by atoms with Crippen LogP contribution in [0.3, 0.4) is 0 Å². The molecule has 0 aliphatic heterocycles. The topological polar surface area (TPSA) is 58.6 Å². The molecule has 0 saturated carbocycles. The first kappa shape index (κ1) is 23.7. The van der Waals surface area contributed by atoms with Crippen molar-refractivity contribution >= 4 is 23.4 Å². The second-order valence-electron chi connectivity index (χ2n) is 7.15. The van der Waals surface area contributed by atoms with Gasteiger partial charge in [-0.25, -0.2) is 0 Å². The number of rotatable bonds is 11. The number of benzene rings is 2. The maximum Gasteiger partial charge on any atom is 0.261 e. The molecule has 0 aliphatic rings. The lowest BCUT2D eigenvalue weighted by molar-refractivity contribution is -0.143. The van der Waals surface area contributed by atoms with Gasteiger partial charge in [0, 0.05) is 18.1 Å². The third kappa shape index (κ3) is 7.06. The van der Waals surface area contributed by atoms with Gasteiger partial charge < -0.3 is 15.0 Å². The van der Waals surface area contributed by atoms with E-state index < -0.39 is 6.04 Å². The smallest absolute Gasteiger partial charge is 0.261 e. The van der Waals surface area contributed by atoms with Crippen LogP contribution >= 0.6 is 11.6 Å². The normalized spacial score (nSPS) is 11.6. The fourth-order valence-electron chi connectivity index (χ4n) is 3.12. The van der Waals surface area contributed by atoms with Gasteiger partial charge >= 0.3 is 0 Å². The van der Waals surface area contributed by atoms with Gasteiger partial charge in [-0.3, -0.25) is 9.59 Å². The van der Waals surface area contributed by atoms with Crippen LogP contribution in [0.15, 0.2) is 48.5 Å². The Morgan fingerprint density at radius 1 is 1.00 bits per heavy atom. The maximum absolute atomic E-state index is 13.1. The number of ether oxygens (including phenoxy) is 1. The number of halogens is 1. The number of hydrogen-bond acceptors (Lipinski definition) is 3. The lowest BCUT2D eigenvalue weighted by Crippen LogP contribution is -2.50. The molecule has 0 aromatic heterocycles. The molecule has 0 bridgehead atoms. The van der Waals surface area contributed by atoms with Gasteiger partial charge in [-0.1, -0.05) is 56.6 Å². The van der Waals surface area contributed by atoms with Crippen LogP contribution in [0.1, 0.15) is 44.7 Å². The maximum atomic E-state index is 13.1. The van der Waals surface area contributed by atoms with Crippen molar-refractivity contribution in [2.45, 2.75) is 52.6 Å². The second kappa shape index (κ2) is 12.2. The molecule has 2 rings (SSSR count). The summed E-state index contributed by atoms with van der Waals surface area (Å²) in [4.78, 5) is 27.4. The Kier molecular flexibility index (Phi) is 9.68. The Hall–Kier alpha value is -2.53. The van der Waals surface area contributed by atoms with Gasteiger partial charge in [-0.2, -0.15) is 0 Å². The Balaban J connectivity index is 2.15. The predicted octanol–water partition coefficient (Wildman–Crippen LogP) is 4.61. The largest absolute Gasteiger partial charge is 0.484 e. The average molecular weight is 431 g/mol. The molecule has 162 valence electrons. The third-order valence-electron chi connectivity index (χ3n) is 4.90. The number of carbonyl (C=O) groups excluding carboxylic acids is 2. The summed E-state index contributed by atoms with van der Waals surface area (Å²) in [6, 6.07) is 14.4. The molecule has 0 radical (unpaired) electrons. The van der Waals surface area contributed by atoms with Gasteiger partial charge in [0.15, 0.2) is 6.61 Å². The minimum absolute atomic E-state index is 0.128. The van der Waals surface area contributed by atoms with Gasteiger partial charge in [-0.15, -0.1) is 0 Å². The van der Waals surface area contributed by atoms with Crippen LogP contribution in [0.5, 0.6) is 5.75 Å². The Bertz CT molecular complexity index is 806. The molecular formula is C24H31ClN2O3. The number of hydrogen-bond donors (Lipinski definition) is 1. The number of amides is 2. The van der Waals surface area contributed by atoms with E-state index in [1.54, 1.807) is 17.0 Å². The summed E-state index contributed by atoms with van der Waals surface area (Å²) in [5.41, 5.74) is 2.11. The molecule has 0 heterocycles. The third-order valence-corrected chi connectivity index (χ3v) is 5.15. The minimum Gasteiger partial charge on any atom is -0.484 e. The predicted molar refractivity (Wildman–Crippen MR) is 121 cm³/mol. The molecule has 0 aliphatic carbocycles. The summed E-state index contributed by atoms with van der Waals surface area (Å²) in [6.45, 7) is 6.75. The van der Waals surface area contributed by atoms with Gasteiger partial charge in [0.1, 0.15) is 11.8 Å². The van der Waals surface area contributed by atoms with Gasteiger partial charge in [0.25, 0.3) is 5.91 Å². The number of nitrogens with zero attached hydrogens (tertiary/aromatic N) is 1. The van der Waals surface area contributed by atoms with E-state index in [2.05, 4.69) is 12.2 Å². The molecule has 2 aromatic carbocycles. The van der Waals surface area contributed by atoms with Crippen molar-refractivity contribution < 1.29 is 14.3 Å². The van der Waals surface area contributed by atoms with E-state index in [-0.39, 0.29) is 18.4 Å². The van der Waals surface area contributed by atoms with Crippen molar-refractivity contribution in [2.75, 3.05) is 13.2 Å². The summed E-state index contributed by atoms with van der Waals surface area (Å²) in [6.07, 6.45) is 2.30. The standard InChI is InChI=1S/C24H31ClN2O3/c1-4-15-26-24(29)22(6-3)27(16-19-7-11-20(25)12-8-19)23(28)17-30-21-13-9-18(5-2)10-14-21/h7-14,22H,4-6,15-17H2,1-3H3,(H,26,29)/t22-/m1/s1. The highest BCUT2D eigenvalue weighted by molar-refractivity contribution is 6.30. The van der Waals surface area contributed by atoms with E-state index >= 15 is 0 Å². The van der Waals surface area contributed by atoms with Crippen molar-refractivity contribution in [1.29, 1.82) is 0 Å². The zero-order valence-corrected chi connectivity index (χ0v) is 18.7. The van der Waals surface area contributed by atoms with Crippen molar-refractivity contribution in [3.8, 4) is 5.75 Å². The monoisotopic (exact) mass is 430 g/mol. The summed E-state index contributed by atoms with van der Waals surface area (Å²) < 4.78 is 5.72. The quantitative estimate of drug-likeness (QED) is 0.566. The van der Waals surface area contributed by atoms with Gasteiger partial charge in [0.05, 0.1) is 0 Å². The Morgan fingerprint density at radius 2 is 1.63 bits per heavy atom. The number of aryl methyl sites for hydroxylation is 1. The molecule has 5 nitrogen and oxygen atoms in total. The summed E-state index contributed by atoms with van der Waals surface area (Å²) >= 11 is 5.98. The van der Waals surface area contributed by atoms with Crippen LogP contribution in [0.4, 0.5) is 0 Å². The summed E-state index contributed by atoms with van der Waals surface area (Å²) in [5.74, 6) is 0.257. The highest BCUT2D eigenvalue weighted by Gasteiger charge is 2.28. The molecule has 1 N–H and O–H groups in total. The van der Waals surface area contributed by atoms with Gasteiger partial charge in [0.2, 0.25) is 5.91 Å². The Labute approximate surface area is 184 Å². The van der Waals surface area contributed by atoms with Crippen molar-refractivity contribution in [3.05, 3.63) is 64.7 Å². The molecule has 0 unspecified atom stereocenters. The van der Waals surface area contributed by atoms with E-state index in [0.29, 0.717) is 30.3 Å². The lowest BCUT2D eigenvalue weighted by Gasteiger charge is -2.30. The van der Waals surface area contributed by atoms with Crippen molar-refractivity contribution in [3.63, 3.8) is 0 Å². The van der Waals surface area contributed by atoms with Crippen LogP contribution in [-0.2, 0) is 22.6 Å². The fraction of sp³-hybridized carbons (Fsp3) is 0.417. The molecular weight excluding hydrogens is 400 g/mol. The summed E-state index contributed by atoms with van der Waals surface area (Å²) in [5, 5.41) is 3.53. The van der Waals surface area contributed by atoms with E-state index in [1.807, 2.05) is 50.2 Å². The molecule has 0 fully saturated rings. The van der Waals surface area contributed by atoms with E-state index in [1.165, 1.54) is 5.56 Å². The molecule has 2 aromatic rings. The van der Waals surface area contributed by atoms with Crippen LogP contribution in [0.25, 0.3) is 0 Å². The van der Waals surface area contributed by atoms with Crippen LogP contribution in [-0.4, -0.2) is 35.9 Å². The van der Waals surface area contributed by atoms with Crippen molar-refractivity contribution in [1.82, 2.24) is 10.2 Å². The average Bonchev–Trinajstić information content (AvgIpc) is 2.77. The molecule has 1 atom stereocenters. The molecule has 30 heavy (non-hydrogen) atoms. The first-order valence-corrected chi connectivity index (χ1v) is 10.9. The highest BCUT2D eigenvalue weighted by atomic mass is 35.5. The first-order valence-electron chi connectivity index (χ1n) is 10.5. The molecule has 0 spiro atoms. The fourth-order valence-corrected chi connectivity index (χ4v) is 3.25. The zero-order chi connectivity index (χ0) is 21.9. The van der Waals surface area contributed by atoms with Crippen molar-refractivity contribution in [2.24, 2.45) is 0 Å². The SMILES string of the molecule is CCCNC(=O)[C@@H](CC)N(Cc1ccc(Cl)cc1)C(=O)COc1ccc(CC)cc1. The molecule has 6 heteroatoms. The summed E-state index contributed by atoms with van der Waals surface area (Å²) in [7, 11) is 0. The lowest BCUT2D eigenvalue weighted by atomic mass is 10.1. The second-order valence-corrected chi connectivity index (χ2v) is 7.59. The van der Waals surface area contributed by atoms with Crippen LogP contribution < -0.4 is 10.1 Å². The zero-order valence-electron chi connectivity index (χ0n) is 18.0. The van der Waals surface area contributed by atoms with Crippen LogP contribution in [0, 0.1) is 0 Å². The molecule has 0 saturated heterocycles. The number of carbonyl (C=O) groups is 2. The van der Waals surface area contributed by atoms with E-state index in [0.717, 1.165) is 18.4 Å². The van der Waals surface area contributed by atoms with E-state index in [9.17, 15) is 9.59 Å².